The molecular formula is C19H20F3N3S2. The fourth-order valence-electron chi connectivity index (χ4n) is 2.74. The molecule has 0 spiro atoms. The minimum atomic E-state index is -4.33. The van der Waals surface area contributed by atoms with Crippen LogP contribution in [0.2, 0.25) is 0 Å². The van der Waals surface area contributed by atoms with Crippen LogP contribution in [0.4, 0.5) is 13.2 Å². The van der Waals surface area contributed by atoms with Crippen molar-refractivity contribution in [2.75, 3.05) is 0 Å². The topological polar surface area (TPSA) is 30.7 Å². The van der Waals surface area contributed by atoms with Gasteiger partial charge in [0, 0.05) is 27.6 Å². The van der Waals surface area contributed by atoms with Gasteiger partial charge >= 0.3 is 6.18 Å². The molecule has 1 aromatic carbocycles. The van der Waals surface area contributed by atoms with E-state index in [1.165, 1.54) is 34.3 Å². The Labute approximate surface area is 164 Å². The Morgan fingerprint density at radius 2 is 1.93 bits per heavy atom. The predicted octanol–water partition coefficient (Wildman–Crippen LogP) is 6.52. The molecule has 144 valence electrons. The molecule has 27 heavy (non-hydrogen) atoms. The van der Waals surface area contributed by atoms with Crippen LogP contribution in [-0.4, -0.2) is 14.8 Å². The van der Waals surface area contributed by atoms with Gasteiger partial charge in [0.15, 0.2) is 11.0 Å². The third-order valence-electron chi connectivity index (χ3n) is 4.33. The molecule has 2 heterocycles. The molecule has 0 atom stereocenters. The van der Waals surface area contributed by atoms with Crippen molar-refractivity contribution < 1.29 is 13.2 Å². The highest BCUT2D eigenvalue weighted by Gasteiger charge is 2.30. The summed E-state index contributed by atoms with van der Waals surface area (Å²) < 4.78 is 40.7. The Morgan fingerprint density at radius 3 is 2.52 bits per heavy atom. The van der Waals surface area contributed by atoms with Crippen molar-refractivity contribution in [1.29, 1.82) is 0 Å². The Morgan fingerprint density at radius 1 is 1.19 bits per heavy atom. The van der Waals surface area contributed by atoms with Crippen molar-refractivity contribution in [3.8, 4) is 11.4 Å². The van der Waals surface area contributed by atoms with Gasteiger partial charge in [0.05, 0.1) is 5.56 Å². The summed E-state index contributed by atoms with van der Waals surface area (Å²) in [5.41, 5.74) is 2.22. The first-order chi connectivity index (χ1) is 12.7. The molecule has 0 aliphatic heterocycles. The van der Waals surface area contributed by atoms with Crippen LogP contribution in [0.5, 0.6) is 0 Å². The fourth-order valence-corrected chi connectivity index (χ4v) is 4.62. The standard InChI is InChI=1S/C19H20F3N3S2/c1-11(2)25-17(16-10-26-13(4)12(16)3)23-24-18(25)27-9-14-6-5-7-15(8-14)19(20,21)22/h5-8,10-11H,9H2,1-4H3. The molecule has 3 aromatic rings. The monoisotopic (exact) mass is 411 g/mol. The summed E-state index contributed by atoms with van der Waals surface area (Å²) in [6, 6.07) is 5.56. The highest BCUT2D eigenvalue weighted by atomic mass is 32.2. The minimum Gasteiger partial charge on any atom is -0.299 e. The maximum Gasteiger partial charge on any atom is 0.416 e. The molecule has 0 aliphatic carbocycles. The lowest BCUT2D eigenvalue weighted by atomic mass is 10.1. The molecule has 0 bridgehead atoms. The van der Waals surface area contributed by atoms with Crippen LogP contribution in [0.15, 0.2) is 34.8 Å². The first-order valence-corrected chi connectivity index (χ1v) is 10.3. The second kappa shape index (κ2) is 7.67. The molecule has 0 fully saturated rings. The smallest absolute Gasteiger partial charge is 0.299 e. The fraction of sp³-hybridized carbons (Fsp3) is 0.368. The quantitative estimate of drug-likeness (QED) is 0.448. The zero-order valence-corrected chi connectivity index (χ0v) is 17.1. The maximum absolute atomic E-state index is 12.9. The van der Waals surface area contributed by atoms with Gasteiger partial charge in [0.1, 0.15) is 0 Å². The summed E-state index contributed by atoms with van der Waals surface area (Å²) in [5, 5.41) is 11.5. The van der Waals surface area contributed by atoms with E-state index >= 15 is 0 Å². The number of thioether (sulfide) groups is 1. The predicted molar refractivity (Wildman–Crippen MR) is 104 cm³/mol. The Balaban J connectivity index is 1.87. The number of rotatable bonds is 5. The highest BCUT2D eigenvalue weighted by Crippen LogP contribution is 2.35. The van der Waals surface area contributed by atoms with Gasteiger partial charge in [0.2, 0.25) is 0 Å². The maximum atomic E-state index is 12.9. The Hall–Kier alpha value is -1.80. The average molecular weight is 412 g/mol. The molecule has 0 amide bonds. The molecule has 2 aromatic heterocycles. The molecule has 0 unspecified atom stereocenters. The number of thiophene rings is 1. The highest BCUT2D eigenvalue weighted by molar-refractivity contribution is 7.98. The molecular weight excluding hydrogens is 391 g/mol. The van der Waals surface area contributed by atoms with Crippen LogP contribution in [-0.2, 0) is 11.9 Å². The van der Waals surface area contributed by atoms with Crippen molar-refractivity contribution in [1.82, 2.24) is 14.8 Å². The Bertz CT molecular complexity index is 942. The number of benzene rings is 1. The number of halogens is 3. The van der Waals surface area contributed by atoms with E-state index < -0.39 is 11.7 Å². The van der Waals surface area contributed by atoms with E-state index in [-0.39, 0.29) is 6.04 Å². The number of nitrogens with zero attached hydrogens (tertiary/aromatic N) is 3. The molecule has 3 nitrogen and oxygen atoms in total. The molecule has 0 N–H and O–H groups in total. The van der Waals surface area contributed by atoms with Crippen molar-refractivity contribution in [2.45, 2.75) is 50.8 Å². The summed E-state index contributed by atoms with van der Waals surface area (Å²) in [4.78, 5) is 1.24. The zero-order chi connectivity index (χ0) is 19.8. The van der Waals surface area contributed by atoms with E-state index in [9.17, 15) is 13.2 Å². The summed E-state index contributed by atoms with van der Waals surface area (Å²) in [7, 11) is 0. The summed E-state index contributed by atoms with van der Waals surface area (Å²) in [6.07, 6.45) is -4.33. The molecule has 3 rings (SSSR count). The lowest BCUT2D eigenvalue weighted by molar-refractivity contribution is -0.137. The molecule has 8 heteroatoms. The SMILES string of the molecule is Cc1scc(-c2nnc(SCc3cccc(C(F)(F)F)c3)n2C(C)C)c1C. The van der Waals surface area contributed by atoms with Gasteiger partial charge < -0.3 is 0 Å². The summed E-state index contributed by atoms with van der Waals surface area (Å²) in [6.45, 7) is 8.24. The summed E-state index contributed by atoms with van der Waals surface area (Å²) in [5.74, 6) is 1.20. The largest absolute Gasteiger partial charge is 0.416 e. The average Bonchev–Trinajstić information content (AvgIpc) is 3.16. The van der Waals surface area contributed by atoms with Crippen LogP contribution in [0.25, 0.3) is 11.4 Å². The zero-order valence-electron chi connectivity index (χ0n) is 15.5. The lowest BCUT2D eigenvalue weighted by Crippen LogP contribution is -2.06. The van der Waals surface area contributed by atoms with E-state index in [2.05, 4.69) is 43.3 Å². The summed E-state index contributed by atoms with van der Waals surface area (Å²) >= 11 is 3.08. The lowest BCUT2D eigenvalue weighted by Gasteiger charge is -2.14. The van der Waals surface area contributed by atoms with Gasteiger partial charge in [0.25, 0.3) is 0 Å². The van der Waals surface area contributed by atoms with Crippen molar-refractivity contribution in [3.63, 3.8) is 0 Å². The van der Waals surface area contributed by atoms with E-state index in [4.69, 9.17) is 0 Å². The van der Waals surface area contributed by atoms with Gasteiger partial charge in [-0.2, -0.15) is 13.2 Å². The van der Waals surface area contributed by atoms with Crippen LogP contribution in [0.3, 0.4) is 0 Å². The number of hydrogen-bond acceptors (Lipinski definition) is 4. The van der Waals surface area contributed by atoms with Crippen LogP contribution < -0.4 is 0 Å². The number of hydrogen-bond donors (Lipinski definition) is 0. The van der Waals surface area contributed by atoms with Gasteiger partial charge in [-0.15, -0.1) is 21.5 Å². The number of aromatic nitrogens is 3. The minimum absolute atomic E-state index is 0.138. The second-order valence-corrected chi connectivity index (χ2v) is 8.61. The van der Waals surface area contributed by atoms with E-state index in [1.54, 1.807) is 17.4 Å². The van der Waals surface area contributed by atoms with E-state index in [0.29, 0.717) is 16.5 Å². The Kier molecular flexibility index (Phi) is 5.67. The molecule has 0 aliphatic rings. The molecule has 0 saturated heterocycles. The van der Waals surface area contributed by atoms with Crippen molar-refractivity contribution >= 4 is 23.1 Å². The van der Waals surface area contributed by atoms with Gasteiger partial charge in [-0.05, 0) is 44.9 Å². The van der Waals surface area contributed by atoms with E-state index in [0.717, 1.165) is 17.5 Å². The van der Waals surface area contributed by atoms with Crippen LogP contribution in [0.1, 0.15) is 41.5 Å². The number of alkyl halides is 3. The molecule has 0 radical (unpaired) electrons. The normalized spacial score (nSPS) is 12.1. The van der Waals surface area contributed by atoms with Gasteiger partial charge in [-0.3, -0.25) is 4.57 Å². The van der Waals surface area contributed by atoms with E-state index in [1.807, 2.05) is 4.57 Å². The molecule has 0 saturated carbocycles. The van der Waals surface area contributed by atoms with Crippen molar-refractivity contribution in [3.05, 3.63) is 51.2 Å². The second-order valence-electron chi connectivity index (χ2n) is 6.59. The first-order valence-electron chi connectivity index (χ1n) is 8.47. The third kappa shape index (κ3) is 4.21. The third-order valence-corrected chi connectivity index (χ3v) is 6.36. The van der Waals surface area contributed by atoms with Crippen LogP contribution >= 0.6 is 23.1 Å². The van der Waals surface area contributed by atoms with Crippen molar-refractivity contribution in [2.24, 2.45) is 0 Å². The first kappa shape index (κ1) is 19.9. The van der Waals surface area contributed by atoms with Gasteiger partial charge in [-0.25, -0.2) is 0 Å². The van der Waals surface area contributed by atoms with Crippen LogP contribution in [0, 0.1) is 13.8 Å². The van der Waals surface area contributed by atoms with Gasteiger partial charge in [-0.1, -0.05) is 30.0 Å². The number of aryl methyl sites for hydroxylation is 1.